The number of carbonyl (C=O) groups is 5. The van der Waals surface area contributed by atoms with Gasteiger partial charge < -0.3 is 43.4 Å². The molecule has 0 spiro atoms. The van der Waals surface area contributed by atoms with Gasteiger partial charge in [-0.15, -0.1) is 0 Å². The fourth-order valence-electron chi connectivity index (χ4n) is 3.66. The first-order chi connectivity index (χ1) is 18.9. The van der Waals surface area contributed by atoms with E-state index in [-0.39, 0.29) is 17.4 Å². The van der Waals surface area contributed by atoms with Crippen LogP contribution in [0.2, 0.25) is 5.02 Å². The van der Waals surface area contributed by atoms with Gasteiger partial charge in [0.2, 0.25) is 12.4 Å². The zero-order valence-electron chi connectivity index (χ0n) is 23.0. The SMILES string of the molecule is CNCCN(C)C(=O)OCc1ccc(O[C@@H]2O[C@H](C(=O)OC)[C@@H](OC(C)=O)[C@H](OC(C)=O)[C@H]2OC(C)=O)c(Cl)c1. The zero-order chi connectivity index (χ0) is 30.0. The summed E-state index contributed by atoms with van der Waals surface area (Å²) in [5.74, 6) is -3.40. The predicted octanol–water partition coefficient (Wildman–Crippen LogP) is 1.20. The van der Waals surface area contributed by atoms with Gasteiger partial charge in [0.25, 0.3) is 0 Å². The molecule has 40 heavy (non-hydrogen) atoms. The van der Waals surface area contributed by atoms with Crippen molar-refractivity contribution in [2.45, 2.75) is 58.1 Å². The van der Waals surface area contributed by atoms with Gasteiger partial charge in [0.05, 0.1) is 12.1 Å². The van der Waals surface area contributed by atoms with Crippen molar-refractivity contribution in [3.8, 4) is 5.75 Å². The molecule has 5 atom stereocenters. The molecule has 1 heterocycles. The minimum Gasteiger partial charge on any atom is -0.467 e. The lowest BCUT2D eigenvalue weighted by atomic mass is 9.97. The summed E-state index contributed by atoms with van der Waals surface area (Å²) in [5.41, 5.74) is 0.536. The first kappa shape index (κ1) is 32.6. The third-order valence-electron chi connectivity index (χ3n) is 5.45. The highest BCUT2D eigenvalue weighted by Crippen LogP contribution is 2.34. The highest BCUT2D eigenvalue weighted by Gasteiger charge is 2.55. The molecular formula is C25H33ClN2O12. The Morgan fingerprint density at radius 1 is 0.975 bits per heavy atom. The van der Waals surface area contributed by atoms with Crippen molar-refractivity contribution in [3.05, 3.63) is 28.8 Å². The number of methoxy groups -OCH3 is 1. The molecule has 222 valence electrons. The van der Waals surface area contributed by atoms with E-state index in [2.05, 4.69) is 5.32 Å². The highest BCUT2D eigenvalue weighted by atomic mass is 35.5. The second kappa shape index (κ2) is 15.2. The first-order valence-electron chi connectivity index (χ1n) is 12.1. The minimum absolute atomic E-state index is 0.0289. The number of amides is 1. The lowest BCUT2D eigenvalue weighted by Crippen LogP contribution is -2.64. The summed E-state index contributed by atoms with van der Waals surface area (Å²) in [5, 5.41) is 2.99. The van der Waals surface area contributed by atoms with Crippen LogP contribution in [0.15, 0.2) is 18.2 Å². The van der Waals surface area contributed by atoms with Crippen LogP contribution >= 0.6 is 11.6 Å². The Labute approximate surface area is 236 Å². The van der Waals surface area contributed by atoms with Gasteiger partial charge >= 0.3 is 30.0 Å². The fourth-order valence-corrected chi connectivity index (χ4v) is 3.90. The number of ether oxygens (including phenoxy) is 7. The highest BCUT2D eigenvalue weighted by molar-refractivity contribution is 6.32. The number of rotatable bonds is 11. The normalized spacial score (nSPS) is 21.9. The standard InChI is InChI=1S/C25H33ClN2O12/c1-13(29)36-19-20(37-14(2)30)22(38-15(3)31)24(40-21(19)23(32)34-6)39-18-8-7-16(11-17(18)26)12-35-25(33)28(5)10-9-27-4/h7-8,11,19-22,24,27H,9-10,12H2,1-6H3/t19-,20-,21-,22+,24+/m0/s1. The molecule has 0 unspecified atom stereocenters. The average Bonchev–Trinajstić information content (AvgIpc) is 2.88. The fraction of sp³-hybridized carbons (Fsp3) is 0.560. The topological polar surface area (TPSA) is 165 Å². The Kier molecular flexibility index (Phi) is 12.4. The van der Waals surface area contributed by atoms with E-state index >= 15 is 0 Å². The number of hydrogen-bond acceptors (Lipinski definition) is 13. The quantitative estimate of drug-likeness (QED) is 0.290. The van der Waals surface area contributed by atoms with E-state index in [9.17, 15) is 24.0 Å². The van der Waals surface area contributed by atoms with Gasteiger partial charge in [0.15, 0.2) is 18.3 Å². The van der Waals surface area contributed by atoms with Crippen LogP contribution in [0, 0.1) is 0 Å². The second-order valence-corrected chi connectivity index (χ2v) is 9.04. The van der Waals surface area contributed by atoms with E-state index in [1.807, 2.05) is 0 Å². The molecule has 1 aromatic carbocycles. The van der Waals surface area contributed by atoms with Crippen LogP contribution in [0.1, 0.15) is 26.3 Å². The lowest BCUT2D eigenvalue weighted by Gasteiger charge is -2.43. The molecule has 1 aromatic rings. The third-order valence-corrected chi connectivity index (χ3v) is 5.74. The van der Waals surface area contributed by atoms with Crippen molar-refractivity contribution >= 4 is 41.6 Å². The molecule has 1 amide bonds. The van der Waals surface area contributed by atoms with Crippen molar-refractivity contribution in [2.24, 2.45) is 0 Å². The summed E-state index contributed by atoms with van der Waals surface area (Å²) in [4.78, 5) is 61.7. The summed E-state index contributed by atoms with van der Waals surface area (Å²) in [6.07, 6.45) is -8.24. The maximum absolute atomic E-state index is 12.5. The Morgan fingerprint density at radius 2 is 1.57 bits per heavy atom. The molecule has 0 aliphatic carbocycles. The maximum Gasteiger partial charge on any atom is 0.409 e. The van der Waals surface area contributed by atoms with Crippen LogP contribution in [0.25, 0.3) is 0 Å². The van der Waals surface area contributed by atoms with Crippen LogP contribution in [-0.4, -0.2) is 99.9 Å². The Morgan fingerprint density at radius 3 is 2.12 bits per heavy atom. The molecule has 0 radical (unpaired) electrons. The van der Waals surface area contributed by atoms with Gasteiger partial charge in [-0.2, -0.15) is 0 Å². The van der Waals surface area contributed by atoms with Gasteiger partial charge in [0.1, 0.15) is 12.4 Å². The third kappa shape index (κ3) is 9.24. The molecule has 14 nitrogen and oxygen atoms in total. The molecular weight excluding hydrogens is 556 g/mol. The van der Waals surface area contributed by atoms with Crippen molar-refractivity contribution in [1.29, 1.82) is 0 Å². The van der Waals surface area contributed by atoms with E-state index in [0.29, 0.717) is 18.7 Å². The number of esters is 4. The van der Waals surface area contributed by atoms with Crippen molar-refractivity contribution in [2.75, 3.05) is 34.3 Å². The molecule has 1 aliphatic heterocycles. The van der Waals surface area contributed by atoms with E-state index in [1.165, 1.54) is 17.0 Å². The van der Waals surface area contributed by atoms with Crippen LogP contribution in [-0.2, 0) is 54.2 Å². The first-order valence-corrected chi connectivity index (χ1v) is 12.5. The summed E-state index contributed by atoms with van der Waals surface area (Å²) in [6, 6.07) is 4.48. The maximum atomic E-state index is 12.5. The molecule has 0 bridgehead atoms. The molecule has 2 rings (SSSR count). The Balaban J connectivity index is 2.32. The van der Waals surface area contributed by atoms with Gasteiger partial charge in [-0.1, -0.05) is 17.7 Å². The van der Waals surface area contributed by atoms with Crippen LogP contribution in [0.3, 0.4) is 0 Å². The number of nitrogens with one attached hydrogen (secondary N) is 1. The molecule has 1 aliphatic rings. The summed E-state index contributed by atoms with van der Waals surface area (Å²) in [7, 11) is 4.44. The average molecular weight is 589 g/mol. The molecule has 1 N–H and O–H groups in total. The molecule has 1 saturated heterocycles. The largest absolute Gasteiger partial charge is 0.467 e. The predicted molar refractivity (Wildman–Crippen MR) is 136 cm³/mol. The second-order valence-electron chi connectivity index (χ2n) is 8.63. The summed E-state index contributed by atoms with van der Waals surface area (Å²) < 4.78 is 37.5. The van der Waals surface area contributed by atoms with Crippen LogP contribution in [0.5, 0.6) is 5.75 Å². The zero-order valence-corrected chi connectivity index (χ0v) is 23.7. The number of halogens is 1. The van der Waals surface area contributed by atoms with Crippen molar-refractivity contribution in [1.82, 2.24) is 10.2 Å². The van der Waals surface area contributed by atoms with Gasteiger partial charge in [-0.3, -0.25) is 14.4 Å². The molecule has 15 heteroatoms. The smallest absolute Gasteiger partial charge is 0.409 e. The summed E-state index contributed by atoms with van der Waals surface area (Å²) >= 11 is 6.40. The van der Waals surface area contributed by atoms with Crippen molar-refractivity contribution in [3.63, 3.8) is 0 Å². The number of hydrogen-bond donors (Lipinski definition) is 1. The van der Waals surface area contributed by atoms with Gasteiger partial charge in [0, 0.05) is 40.9 Å². The van der Waals surface area contributed by atoms with E-state index in [1.54, 1.807) is 20.2 Å². The monoisotopic (exact) mass is 588 g/mol. The Bertz CT molecular complexity index is 1080. The molecule has 1 fully saturated rings. The number of nitrogens with zero attached hydrogens (tertiary/aromatic N) is 1. The van der Waals surface area contributed by atoms with Gasteiger partial charge in [-0.05, 0) is 24.7 Å². The van der Waals surface area contributed by atoms with Gasteiger partial charge in [-0.25, -0.2) is 9.59 Å². The number of benzene rings is 1. The molecule has 0 saturated carbocycles. The molecule has 0 aromatic heterocycles. The minimum atomic E-state index is -1.62. The van der Waals surface area contributed by atoms with Crippen LogP contribution in [0.4, 0.5) is 4.79 Å². The lowest BCUT2D eigenvalue weighted by molar-refractivity contribution is -0.282. The van der Waals surface area contributed by atoms with E-state index in [0.717, 1.165) is 27.9 Å². The number of likely N-dealkylation sites (N-methyl/N-ethyl adjacent to an activating group) is 2. The van der Waals surface area contributed by atoms with Crippen LogP contribution < -0.4 is 10.1 Å². The van der Waals surface area contributed by atoms with Crippen molar-refractivity contribution < 1.29 is 57.1 Å². The van der Waals surface area contributed by atoms with E-state index in [4.69, 9.17) is 44.8 Å². The number of carbonyl (C=O) groups excluding carboxylic acids is 5. The van der Waals surface area contributed by atoms with E-state index < -0.39 is 60.7 Å². The Hall–Kier alpha value is -3.62. The summed E-state index contributed by atoms with van der Waals surface area (Å²) in [6.45, 7) is 4.21.